The number of hydrogen-bond acceptors (Lipinski definition) is 6. The molecule has 1 aliphatic rings. The summed E-state index contributed by atoms with van der Waals surface area (Å²) in [6.45, 7) is 2.23. The van der Waals surface area contributed by atoms with Gasteiger partial charge in [-0.05, 0) is 45.1 Å². The number of aliphatic hydroxyl groups is 2. The van der Waals surface area contributed by atoms with Crippen LogP contribution in [0.1, 0.15) is 37.7 Å². The van der Waals surface area contributed by atoms with Gasteiger partial charge in [-0.3, -0.25) is 9.36 Å². The lowest BCUT2D eigenvalue weighted by molar-refractivity contribution is 0.126. The van der Waals surface area contributed by atoms with Crippen LogP contribution >= 0.6 is 0 Å². The molecule has 7 nitrogen and oxygen atoms in total. The van der Waals surface area contributed by atoms with Gasteiger partial charge in [0.05, 0.1) is 6.10 Å². The maximum absolute atomic E-state index is 12.4. The number of aliphatic hydroxyl groups excluding tert-OH is 2. The average Bonchev–Trinajstić information content (AvgIpc) is 2.58. The first-order chi connectivity index (χ1) is 11.6. The number of anilines is 1. The van der Waals surface area contributed by atoms with Gasteiger partial charge in [0.1, 0.15) is 5.65 Å². The Morgan fingerprint density at radius 3 is 2.79 bits per heavy atom. The van der Waals surface area contributed by atoms with Crippen LogP contribution in [0.4, 0.5) is 5.95 Å². The minimum atomic E-state index is -0.202. The van der Waals surface area contributed by atoms with Crippen molar-refractivity contribution in [2.24, 2.45) is 0 Å². The van der Waals surface area contributed by atoms with Gasteiger partial charge >= 0.3 is 0 Å². The highest BCUT2D eigenvalue weighted by molar-refractivity contribution is 5.75. The van der Waals surface area contributed by atoms with Crippen molar-refractivity contribution in [2.45, 2.75) is 57.7 Å². The molecule has 0 unspecified atom stereocenters. The van der Waals surface area contributed by atoms with Gasteiger partial charge < -0.3 is 15.5 Å². The average molecular weight is 332 g/mol. The summed E-state index contributed by atoms with van der Waals surface area (Å²) in [5, 5.41) is 22.8. The van der Waals surface area contributed by atoms with Crippen LogP contribution in [0.25, 0.3) is 11.0 Å². The highest BCUT2D eigenvalue weighted by Gasteiger charge is 2.20. The highest BCUT2D eigenvalue weighted by atomic mass is 16.3. The first-order valence-electron chi connectivity index (χ1n) is 8.51. The molecule has 1 aliphatic carbocycles. The summed E-state index contributed by atoms with van der Waals surface area (Å²) >= 11 is 0. The number of rotatable bonds is 5. The van der Waals surface area contributed by atoms with Crippen LogP contribution < -0.4 is 10.9 Å². The Balaban J connectivity index is 1.91. The lowest BCUT2D eigenvalue weighted by Gasteiger charge is -2.26. The first kappa shape index (κ1) is 16.9. The van der Waals surface area contributed by atoms with Crippen molar-refractivity contribution in [1.82, 2.24) is 14.5 Å². The second kappa shape index (κ2) is 7.27. The highest BCUT2D eigenvalue weighted by Crippen LogP contribution is 2.21. The van der Waals surface area contributed by atoms with E-state index in [9.17, 15) is 9.90 Å². The Bertz CT molecular complexity index is 766. The molecular formula is C17H24N4O3. The Morgan fingerprint density at radius 2 is 2.08 bits per heavy atom. The molecule has 1 fully saturated rings. The summed E-state index contributed by atoms with van der Waals surface area (Å²) in [6, 6.07) is 2.04. The monoisotopic (exact) mass is 332 g/mol. The molecule has 1 saturated carbocycles. The molecule has 0 saturated heterocycles. The summed E-state index contributed by atoms with van der Waals surface area (Å²) in [5.74, 6) is 0.505. The number of fused-ring (bicyclic) bond motifs is 1. The lowest BCUT2D eigenvalue weighted by Crippen LogP contribution is -2.29. The van der Waals surface area contributed by atoms with Crippen molar-refractivity contribution in [3.05, 3.63) is 28.2 Å². The molecular weight excluding hydrogens is 308 g/mol. The molecule has 7 heteroatoms. The number of pyridine rings is 1. The van der Waals surface area contributed by atoms with Gasteiger partial charge in [0.15, 0.2) is 0 Å². The first-order valence-corrected chi connectivity index (χ1v) is 8.51. The summed E-state index contributed by atoms with van der Waals surface area (Å²) in [4.78, 5) is 21.3. The van der Waals surface area contributed by atoms with E-state index in [1.807, 2.05) is 0 Å². The van der Waals surface area contributed by atoms with Crippen LogP contribution in [-0.2, 0) is 6.54 Å². The third-order valence-corrected chi connectivity index (χ3v) is 4.58. The zero-order valence-electron chi connectivity index (χ0n) is 13.9. The smallest absolute Gasteiger partial charge is 0.255 e. The van der Waals surface area contributed by atoms with Gasteiger partial charge in [-0.1, -0.05) is 0 Å². The van der Waals surface area contributed by atoms with Gasteiger partial charge in [0, 0.05) is 36.3 Å². The minimum Gasteiger partial charge on any atom is -0.396 e. The van der Waals surface area contributed by atoms with Crippen LogP contribution in [0.5, 0.6) is 0 Å². The van der Waals surface area contributed by atoms with Crippen molar-refractivity contribution in [3.8, 4) is 0 Å². The predicted octanol–water partition coefficient (Wildman–Crippen LogP) is 1.20. The van der Waals surface area contributed by atoms with E-state index in [0.29, 0.717) is 30.1 Å². The zero-order valence-corrected chi connectivity index (χ0v) is 13.9. The van der Waals surface area contributed by atoms with Crippen LogP contribution in [0.2, 0.25) is 0 Å². The normalized spacial score (nSPS) is 21.1. The topological polar surface area (TPSA) is 100 Å². The van der Waals surface area contributed by atoms with Crippen molar-refractivity contribution >= 4 is 17.0 Å². The molecule has 3 N–H and O–H groups in total. The predicted molar refractivity (Wildman–Crippen MR) is 92.1 cm³/mol. The van der Waals surface area contributed by atoms with Gasteiger partial charge in [0.2, 0.25) is 5.95 Å². The number of aromatic nitrogens is 3. The van der Waals surface area contributed by atoms with Crippen molar-refractivity contribution < 1.29 is 10.2 Å². The van der Waals surface area contributed by atoms with E-state index < -0.39 is 0 Å². The fraction of sp³-hybridized carbons (Fsp3) is 0.588. The molecule has 130 valence electrons. The Kier molecular flexibility index (Phi) is 5.11. The third-order valence-electron chi connectivity index (χ3n) is 4.58. The Hall–Kier alpha value is -1.99. The lowest BCUT2D eigenvalue weighted by atomic mass is 9.93. The Labute approximate surface area is 140 Å². The summed E-state index contributed by atoms with van der Waals surface area (Å²) < 4.78 is 1.61. The molecule has 0 aromatic carbocycles. The van der Waals surface area contributed by atoms with Crippen LogP contribution in [0.3, 0.4) is 0 Å². The number of hydrogen-bond donors (Lipinski definition) is 3. The second-order valence-corrected chi connectivity index (χ2v) is 6.48. The minimum absolute atomic E-state index is 0.0302. The van der Waals surface area contributed by atoms with Gasteiger partial charge in [-0.2, -0.15) is 4.98 Å². The van der Waals surface area contributed by atoms with Crippen LogP contribution in [0, 0.1) is 6.92 Å². The fourth-order valence-corrected chi connectivity index (χ4v) is 3.21. The number of nitrogens with zero attached hydrogens (tertiary/aromatic N) is 3. The summed E-state index contributed by atoms with van der Waals surface area (Å²) in [5.41, 5.74) is 1.15. The molecule has 0 amide bonds. The molecule has 24 heavy (non-hydrogen) atoms. The largest absolute Gasteiger partial charge is 0.396 e. The molecule has 2 aromatic heterocycles. The summed E-state index contributed by atoms with van der Waals surface area (Å²) in [7, 11) is 0. The number of aryl methyl sites for hydroxylation is 2. The van der Waals surface area contributed by atoms with Crippen molar-refractivity contribution in [1.29, 1.82) is 0 Å². The maximum atomic E-state index is 12.4. The summed E-state index contributed by atoms with van der Waals surface area (Å²) in [6.07, 6.45) is 5.36. The van der Waals surface area contributed by atoms with Crippen molar-refractivity contribution in [3.63, 3.8) is 0 Å². The molecule has 0 aliphatic heterocycles. The standard InChI is InChI=1S/C17H24N4O3/c1-11-9-12-10-18-17(19-13-3-5-14(23)6-4-13)20-15(12)21(16(11)24)7-2-8-22/h9-10,13-14,22-23H,2-8H2,1H3,(H,18,19,20)/t13-,14-. The van der Waals surface area contributed by atoms with Crippen molar-refractivity contribution in [2.75, 3.05) is 11.9 Å². The fourth-order valence-electron chi connectivity index (χ4n) is 3.21. The molecule has 0 radical (unpaired) electrons. The van der Waals surface area contributed by atoms with Gasteiger partial charge in [0.25, 0.3) is 5.56 Å². The van der Waals surface area contributed by atoms with Crippen LogP contribution in [-0.4, -0.2) is 43.5 Å². The second-order valence-electron chi connectivity index (χ2n) is 6.48. The maximum Gasteiger partial charge on any atom is 0.255 e. The number of nitrogens with one attached hydrogen (secondary N) is 1. The van der Waals surface area contributed by atoms with E-state index in [1.165, 1.54) is 0 Å². The SMILES string of the molecule is Cc1cc2cnc(N[C@H]3CC[C@H](O)CC3)nc2n(CCCO)c1=O. The molecule has 2 aromatic rings. The van der Waals surface area contributed by atoms with Gasteiger partial charge in [-0.25, -0.2) is 4.98 Å². The zero-order chi connectivity index (χ0) is 17.1. The third kappa shape index (κ3) is 3.57. The van der Waals surface area contributed by atoms with E-state index >= 15 is 0 Å². The van der Waals surface area contributed by atoms with E-state index in [4.69, 9.17) is 5.11 Å². The Morgan fingerprint density at radius 1 is 1.33 bits per heavy atom. The van der Waals surface area contributed by atoms with Crippen LogP contribution in [0.15, 0.2) is 17.1 Å². The van der Waals surface area contributed by atoms with E-state index in [1.54, 1.807) is 23.8 Å². The molecule has 2 heterocycles. The van der Waals surface area contributed by atoms with Gasteiger partial charge in [-0.15, -0.1) is 0 Å². The van der Waals surface area contributed by atoms with E-state index in [0.717, 1.165) is 31.1 Å². The van der Waals surface area contributed by atoms with E-state index in [2.05, 4.69) is 15.3 Å². The molecule has 3 rings (SSSR count). The molecule has 0 bridgehead atoms. The molecule has 0 atom stereocenters. The molecule has 0 spiro atoms. The quantitative estimate of drug-likeness (QED) is 0.761. The van der Waals surface area contributed by atoms with E-state index in [-0.39, 0.29) is 24.3 Å².